The van der Waals surface area contributed by atoms with Gasteiger partial charge in [0.15, 0.2) is 0 Å². The molecule has 1 aliphatic rings. The van der Waals surface area contributed by atoms with E-state index in [9.17, 15) is 14.4 Å². The molecular weight excluding hydrogens is 358 g/mol. The van der Waals surface area contributed by atoms with Crippen molar-refractivity contribution in [2.45, 2.75) is 45.2 Å². The predicted molar refractivity (Wildman–Crippen MR) is 103 cm³/mol. The van der Waals surface area contributed by atoms with Crippen molar-refractivity contribution in [1.82, 2.24) is 15.5 Å². The van der Waals surface area contributed by atoms with Gasteiger partial charge in [0, 0.05) is 0 Å². The van der Waals surface area contributed by atoms with Crippen molar-refractivity contribution in [2.24, 2.45) is 0 Å². The highest BCUT2D eigenvalue weighted by Crippen LogP contribution is 2.30. The van der Waals surface area contributed by atoms with E-state index in [4.69, 9.17) is 4.42 Å². The van der Waals surface area contributed by atoms with Gasteiger partial charge in [0.2, 0.25) is 5.91 Å². The molecule has 1 saturated heterocycles. The molecule has 2 aromatic rings. The van der Waals surface area contributed by atoms with Gasteiger partial charge in [-0.3, -0.25) is 14.5 Å². The number of hydrogen-bond donors (Lipinski definition) is 2. The van der Waals surface area contributed by atoms with Crippen LogP contribution in [0.15, 0.2) is 47.1 Å². The fraction of sp³-hybridized carbons (Fsp3) is 0.381. The Morgan fingerprint density at radius 2 is 1.86 bits per heavy atom. The van der Waals surface area contributed by atoms with Gasteiger partial charge in [0.25, 0.3) is 5.91 Å². The fourth-order valence-electron chi connectivity index (χ4n) is 3.28. The summed E-state index contributed by atoms with van der Waals surface area (Å²) in [6.45, 7) is 7.24. The Morgan fingerprint density at radius 3 is 2.43 bits per heavy atom. The molecule has 0 saturated carbocycles. The summed E-state index contributed by atoms with van der Waals surface area (Å²) in [6.07, 6.45) is 1.52. The first-order valence-electron chi connectivity index (χ1n) is 9.29. The summed E-state index contributed by atoms with van der Waals surface area (Å²) in [5.41, 5.74) is 0.633. The lowest BCUT2D eigenvalue weighted by Crippen LogP contribution is -2.43. The molecule has 3 rings (SSSR count). The summed E-state index contributed by atoms with van der Waals surface area (Å²) in [7, 11) is 0. The van der Waals surface area contributed by atoms with Crippen LogP contribution in [0.2, 0.25) is 0 Å². The van der Waals surface area contributed by atoms with Crippen LogP contribution in [0.4, 0.5) is 4.79 Å². The number of carbonyl (C=O) groups is 3. The van der Waals surface area contributed by atoms with E-state index in [1.54, 1.807) is 26.0 Å². The molecule has 0 radical (unpaired) electrons. The summed E-state index contributed by atoms with van der Waals surface area (Å²) < 4.78 is 5.25. The second kappa shape index (κ2) is 7.50. The van der Waals surface area contributed by atoms with Crippen molar-refractivity contribution in [1.29, 1.82) is 0 Å². The van der Waals surface area contributed by atoms with E-state index in [2.05, 4.69) is 24.5 Å². The third kappa shape index (κ3) is 3.65. The smallest absolute Gasteiger partial charge is 0.325 e. The highest BCUT2D eigenvalue weighted by molar-refractivity contribution is 6.09. The molecule has 2 N–H and O–H groups in total. The molecular formula is C21H25N3O4. The Hall–Kier alpha value is -3.09. The molecule has 4 amide bonds. The van der Waals surface area contributed by atoms with Crippen LogP contribution in [-0.4, -0.2) is 29.3 Å². The number of nitrogens with one attached hydrogen (secondary N) is 2. The minimum atomic E-state index is -1.19. The Bertz CT molecular complexity index is 874. The van der Waals surface area contributed by atoms with Crippen molar-refractivity contribution < 1.29 is 18.8 Å². The molecule has 1 aromatic heterocycles. The van der Waals surface area contributed by atoms with E-state index in [0.717, 1.165) is 10.5 Å². The lowest BCUT2D eigenvalue weighted by Gasteiger charge is -2.23. The summed E-state index contributed by atoms with van der Waals surface area (Å²) in [5, 5.41) is 5.45. The predicted octanol–water partition coefficient (Wildman–Crippen LogP) is 3.05. The maximum atomic E-state index is 13.0. The van der Waals surface area contributed by atoms with Crippen LogP contribution in [0, 0.1) is 0 Å². The third-order valence-corrected chi connectivity index (χ3v) is 5.08. The normalized spacial score (nSPS) is 20.4. The third-order valence-electron chi connectivity index (χ3n) is 5.08. The number of urea groups is 1. The largest absolute Gasteiger partial charge is 0.467 e. The number of carbonyl (C=O) groups excluding carboxylic acids is 3. The van der Waals surface area contributed by atoms with Crippen LogP contribution in [0.3, 0.4) is 0 Å². The lowest BCUT2D eigenvalue weighted by atomic mass is 9.90. The van der Waals surface area contributed by atoms with Crippen molar-refractivity contribution in [3.8, 4) is 0 Å². The van der Waals surface area contributed by atoms with Crippen molar-refractivity contribution >= 4 is 17.8 Å². The van der Waals surface area contributed by atoms with E-state index in [-0.39, 0.29) is 12.6 Å². The zero-order valence-corrected chi connectivity index (χ0v) is 16.5. The van der Waals surface area contributed by atoms with Gasteiger partial charge in [-0.05, 0) is 43.0 Å². The summed E-state index contributed by atoms with van der Waals surface area (Å²) in [6, 6.07) is 10.1. The molecule has 1 fully saturated rings. The zero-order chi connectivity index (χ0) is 20.5. The minimum Gasteiger partial charge on any atom is -0.467 e. The van der Waals surface area contributed by atoms with Crippen molar-refractivity contribution in [3.63, 3.8) is 0 Å². The van der Waals surface area contributed by atoms with Crippen molar-refractivity contribution in [2.75, 3.05) is 6.54 Å². The van der Waals surface area contributed by atoms with Gasteiger partial charge < -0.3 is 15.1 Å². The standard InChI is InChI=1S/C21H25N3O4/c1-13(2)15-7-9-16(10-8-15)21(4)19(26)24(20(27)23-21)12-18(25)22-14(3)17-6-5-11-28-17/h5-11,13-14H,12H2,1-4H3,(H,22,25)(H,23,27)/t14-,21+/m1/s1. The number of hydrogen-bond acceptors (Lipinski definition) is 4. The number of benzene rings is 1. The van der Waals surface area contributed by atoms with Crippen LogP contribution in [0.25, 0.3) is 0 Å². The van der Waals surface area contributed by atoms with Gasteiger partial charge >= 0.3 is 6.03 Å². The number of nitrogens with zero attached hydrogens (tertiary/aromatic N) is 1. The Morgan fingerprint density at radius 1 is 1.18 bits per heavy atom. The van der Waals surface area contributed by atoms with E-state index in [1.165, 1.54) is 6.26 Å². The number of furan rings is 1. The maximum absolute atomic E-state index is 13.0. The zero-order valence-electron chi connectivity index (χ0n) is 16.5. The summed E-state index contributed by atoms with van der Waals surface area (Å²) >= 11 is 0. The van der Waals surface area contributed by atoms with E-state index in [0.29, 0.717) is 17.2 Å². The van der Waals surface area contributed by atoms with Gasteiger partial charge in [-0.15, -0.1) is 0 Å². The number of imide groups is 1. The first kappa shape index (κ1) is 19.7. The first-order valence-corrected chi connectivity index (χ1v) is 9.29. The minimum absolute atomic E-state index is 0.352. The summed E-state index contributed by atoms with van der Waals surface area (Å²) in [4.78, 5) is 38.6. The Kier molecular flexibility index (Phi) is 5.27. The second-order valence-corrected chi connectivity index (χ2v) is 7.53. The molecule has 0 spiro atoms. The monoisotopic (exact) mass is 383 g/mol. The van der Waals surface area contributed by atoms with Gasteiger partial charge in [-0.1, -0.05) is 38.1 Å². The average Bonchev–Trinajstić information content (AvgIpc) is 3.26. The molecule has 1 aliphatic heterocycles. The van der Waals surface area contributed by atoms with Gasteiger partial charge in [0.1, 0.15) is 17.8 Å². The molecule has 2 heterocycles. The molecule has 7 heteroatoms. The van der Waals surface area contributed by atoms with Crippen molar-refractivity contribution in [3.05, 3.63) is 59.5 Å². The van der Waals surface area contributed by atoms with Gasteiger partial charge in [-0.2, -0.15) is 0 Å². The van der Waals surface area contributed by atoms with Crippen LogP contribution in [0.5, 0.6) is 0 Å². The van der Waals surface area contributed by atoms with Crippen LogP contribution < -0.4 is 10.6 Å². The molecule has 1 aromatic carbocycles. The van der Waals surface area contributed by atoms with E-state index >= 15 is 0 Å². The molecule has 0 bridgehead atoms. The first-order chi connectivity index (χ1) is 13.2. The van der Waals surface area contributed by atoms with Crippen LogP contribution in [-0.2, 0) is 15.1 Å². The lowest BCUT2D eigenvalue weighted by molar-refractivity contribution is -0.135. The molecule has 28 heavy (non-hydrogen) atoms. The van der Waals surface area contributed by atoms with Gasteiger partial charge in [-0.25, -0.2) is 4.79 Å². The maximum Gasteiger partial charge on any atom is 0.325 e. The summed E-state index contributed by atoms with van der Waals surface area (Å²) in [5.74, 6) is 0.0788. The SMILES string of the molecule is CC(C)c1ccc([C@]2(C)NC(=O)N(CC(=O)N[C@H](C)c3ccco3)C2=O)cc1. The van der Waals surface area contributed by atoms with Gasteiger partial charge in [0.05, 0.1) is 12.3 Å². The molecule has 0 aliphatic carbocycles. The number of rotatable bonds is 6. The highest BCUT2D eigenvalue weighted by atomic mass is 16.3. The topological polar surface area (TPSA) is 91.7 Å². The average molecular weight is 383 g/mol. The fourth-order valence-corrected chi connectivity index (χ4v) is 3.28. The molecule has 148 valence electrons. The second-order valence-electron chi connectivity index (χ2n) is 7.53. The number of amides is 4. The molecule has 2 atom stereocenters. The van der Waals surface area contributed by atoms with Crippen LogP contribution >= 0.6 is 0 Å². The van der Waals surface area contributed by atoms with E-state index < -0.39 is 23.4 Å². The quantitative estimate of drug-likeness (QED) is 0.750. The van der Waals surface area contributed by atoms with E-state index in [1.807, 2.05) is 24.3 Å². The molecule has 0 unspecified atom stereocenters. The Balaban J connectivity index is 1.71. The molecule has 7 nitrogen and oxygen atoms in total. The highest BCUT2D eigenvalue weighted by Gasteiger charge is 2.49. The Labute approximate surface area is 164 Å². The van der Waals surface area contributed by atoms with Crippen LogP contribution in [0.1, 0.15) is 56.5 Å².